The number of hydrogen-bond donors (Lipinski definition) is 0. The minimum atomic E-state index is -0.441. The van der Waals surface area contributed by atoms with E-state index in [1.807, 2.05) is 0 Å². The minimum Gasteiger partial charge on any atom is -0.460 e. The number of nitrogens with zero attached hydrogens (tertiary/aromatic N) is 2. The molecule has 0 fully saturated rings. The lowest BCUT2D eigenvalue weighted by atomic mass is 9.68. The van der Waals surface area contributed by atoms with Crippen molar-refractivity contribution in [2.45, 2.75) is 18.8 Å². The molecule has 8 aromatic carbocycles. The van der Waals surface area contributed by atoms with Crippen molar-refractivity contribution in [3.05, 3.63) is 222 Å². The zero-order valence-corrected chi connectivity index (χ0v) is 32.6. The molecule has 0 amide bonds. The Labute approximate surface area is 341 Å². The van der Waals surface area contributed by atoms with Crippen molar-refractivity contribution >= 4 is 60.7 Å². The highest BCUT2D eigenvalue weighted by Gasteiger charge is 2.45. The van der Waals surface area contributed by atoms with Gasteiger partial charge in [-0.2, -0.15) is 0 Å². The maximum absolute atomic E-state index is 6.61. The summed E-state index contributed by atoms with van der Waals surface area (Å²) >= 11 is 0. The smallest absolute Gasteiger partial charge is 0.135 e. The van der Waals surface area contributed by atoms with E-state index in [9.17, 15) is 0 Å². The van der Waals surface area contributed by atoms with Crippen molar-refractivity contribution in [3.8, 4) is 22.5 Å². The Morgan fingerprint density at radius 3 is 1.78 bits per heavy atom. The van der Waals surface area contributed by atoms with Crippen molar-refractivity contribution in [2.75, 3.05) is 0 Å². The third-order valence-electron chi connectivity index (χ3n) is 13.3. The van der Waals surface area contributed by atoms with Crippen molar-refractivity contribution in [1.29, 1.82) is 0 Å². The van der Waals surface area contributed by atoms with Gasteiger partial charge < -0.3 is 13.6 Å². The van der Waals surface area contributed by atoms with Crippen LogP contribution in [-0.2, 0) is 11.8 Å². The van der Waals surface area contributed by atoms with Gasteiger partial charge in [-0.25, -0.2) is 0 Å². The highest BCUT2D eigenvalue weighted by atomic mass is 16.3. The van der Waals surface area contributed by atoms with Gasteiger partial charge in [-0.15, -0.1) is 0 Å². The molecule has 278 valence electrons. The van der Waals surface area contributed by atoms with E-state index in [0.29, 0.717) is 5.92 Å². The molecule has 0 saturated heterocycles. The van der Waals surface area contributed by atoms with Crippen LogP contribution in [0, 0.1) is 5.92 Å². The first-order valence-electron chi connectivity index (χ1n) is 20.7. The number of fused-ring (bicyclic) bond motifs is 12. The molecule has 11 aromatic rings. The molecule has 3 aromatic heterocycles. The summed E-state index contributed by atoms with van der Waals surface area (Å²) in [5.74, 6) is 1.56. The Kier molecular flexibility index (Phi) is 6.69. The Morgan fingerprint density at radius 2 is 1.03 bits per heavy atom. The Balaban J connectivity index is 1.06. The van der Waals surface area contributed by atoms with Crippen LogP contribution in [0.5, 0.6) is 0 Å². The van der Waals surface area contributed by atoms with Crippen LogP contribution < -0.4 is 0 Å². The van der Waals surface area contributed by atoms with E-state index >= 15 is 0 Å². The van der Waals surface area contributed by atoms with Crippen LogP contribution in [0.25, 0.3) is 83.2 Å². The van der Waals surface area contributed by atoms with Crippen LogP contribution in [0.3, 0.4) is 0 Å². The van der Waals surface area contributed by atoms with Crippen LogP contribution >= 0.6 is 0 Å². The molecular weight excluding hydrogens is 717 g/mol. The van der Waals surface area contributed by atoms with Crippen molar-refractivity contribution in [2.24, 2.45) is 5.92 Å². The van der Waals surface area contributed by atoms with Gasteiger partial charge in [-0.3, -0.25) is 0 Å². The molecule has 0 N–H and O–H groups in total. The zero-order valence-electron chi connectivity index (χ0n) is 32.6. The van der Waals surface area contributed by atoms with Gasteiger partial charge in [0.2, 0.25) is 0 Å². The lowest BCUT2D eigenvalue weighted by molar-refractivity contribution is 0.513. The monoisotopic (exact) mass is 754 g/mol. The number of allylic oxidation sites excluding steroid dienone is 1. The zero-order chi connectivity index (χ0) is 38.8. The molecular formula is C56H38N2O. The van der Waals surface area contributed by atoms with Gasteiger partial charge in [0.25, 0.3) is 0 Å². The van der Waals surface area contributed by atoms with E-state index in [2.05, 4.69) is 210 Å². The third kappa shape index (κ3) is 4.42. The average molecular weight is 755 g/mol. The van der Waals surface area contributed by atoms with Gasteiger partial charge in [-0.1, -0.05) is 146 Å². The maximum Gasteiger partial charge on any atom is 0.135 e. The van der Waals surface area contributed by atoms with Gasteiger partial charge in [0.05, 0.1) is 27.5 Å². The number of benzene rings is 8. The SMILES string of the molecule is CC1C=Cc2c(oc3cc4c5cc6c7ccccc7n(-c7ccc(C8(c9ccccc9)c9ccccc9-c9ccccc98)cc7)c6cc5n(-c5ccccc5)c4cc23)C1. The Bertz CT molecular complexity index is 3480. The van der Waals surface area contributed by atoms with E-state index in [4.69, 9.17) is 4.42 Å². The first-order chi connectivity index (χ1) is 29.2. The second kappa shape index (κ2) is 12.1. The van der Waals surface area contributed by atoms with Gasteiger partial charge in [-0.05, 0) is 93.9 Å². The van der Waals surface area contributed by atoms with Gasteiger partial charge >= 0.3 is 0 Å². The van der Waals surface area contributed by atoms with E-state index in [1.165, 1.54) is 87.9 Å². The summed E-state index contributed by atoms with van der Waals surface area (Å²) < 4.78 is 11.5. The topological polar surface area (TPSA) is 23.0 Å². The molecule has 0 saturated carbocycles. The maximum atomic E-state index is 6.61. The molecule has 0 bridgehead atoms. The number of para-hydroxylation sites is 2. The normalized spacial score (nSPS) is 15.4. The molecule has 3 nitrogen and oxygen atoms in total. The summed E-state index contributed by atoms with van der Waals surface area (Å²) in [7, 11) is 0. The molecule has 3 heterocycles. The molecule has 2 aliphatic carbocycles. The molecule has 0 spiro atoms. The molecule has 3 heteroatoms. The number of hydrogen-bond acceptors (Lipinski definition) is 1. The van der Waals surface area contributed by atoms with Crippen LogP contribution in [-0.4, -0.2) is 9.13 Å². The summed E-state index contributed by atoms with van der Waals surface area (Å²) in [5.41, 5.74) is 16.5. The predicted molar refractivity (Wildman–Crippen MR) is 244 cm³/mol. The molecule has 59 heavy (non-hydrogen) atoms. The van der Waals surface area contributed by atoms with E-state index in [-0.39, 0.29) is 0 Å². The average Bonchev–Trinajstić information content (AvgIpc) is 4.00. The van der Waals surface area contributed by atoms with Crippen LogP contribution in [0.1, 0.15) is 40.5 Å². The fourth-order valence-corrected chi connectivity index (χ4v) is 10.8. The van der Waals surface area contributed by atoms with E-state index in [1.54, 1.807) is 0 Å². The first-order valence-corrected chi connectivity index (χ1v) is 20.7. The lowest BCUT2D eigenvalue weighted by Crippen LogP contribution is -2.28. The van der Waals surface area contributed by atoms with Crippen LogP contribution in [0.15, 0.2) is 192 Å². The minimum absolute atomic E-state index is 0.441. The fraction of sp³-hybridized carbons (Fsp3) is 0.0714. The Hall–Kier alpha value is -7.36. The number of aromatic nitrogens is 2. The van der Waals surface area contributed by atoms with E-state index in [0.717, 1.165) is 29.1 Å². The summed E-state index contributed by atoms with van der Waals surface area (Å²) in [6, 6.07) is 67.5. The second-order valence-corrected chi connectivity index (χ2v) is 16.5. The highest BCUT2D eigenvalue weighted by Crippen LogP contribution is 2.56. The van der Waals surface area contributed by atoms with Gasteiger partial charge in [0.1, 0.15) is 11.3 Å². The van der Waals surface area contributed by atoms with Crippen molar-refractivity contribution < 1.29 is 4.42 Å². The van der Waals surface area contributed by atoms with Crippen molar-refractivity contribution in [3.63, 3.8) is 0 Å². The predicted octanol–water partition coefficient (Wildman–Crippen LogP) is 14.2. The fourth-order valence-electron chi connectivity index (χ4n) is 10.8. The van der Waals surface area contributed by atoms with Crippen molar-refractivity contribution in [1.82, 2.24) is 9.13 Å². The molecule has 0 aliphatic heterocycles. The summed E-state index contributed by atoms with van der Waals surface area (Å²) in [5, 5.41) is 6.07. The Morgan fingerprint density at radius 1 is 0.475 bits per heavy atom. The lowest BCUT2D eigenvalue weighted by Gasteiger charge is -2.34. The standard InChI is InChI=1S/C56H38N2O/c1-35-24-29-43-47-32-51-46(33-55(47)59-54(43)30-35)45-31-44-42-20-10-13-23-50(42)57(52(44)34-53(45)58(51)38-16-6-3-7-17-38)39-27-25-37(26-28-39)56(36-14-4-2-5-15-36)48-21-11-8-18-40(48)41-19-9-12-22-49(41)56/h2-29,31-35H,30H2,1H3. The quantitative estimate of drug-likeness (QED) is 0.175. The number of rotatable bonds is 4. The van der Waals surface area contributed by atoms with Crippen LogP contribution in [0.4, 0.5) is 0 Å². The van der Waals surface area contributed by atoms with Crippen LogP contribution in [0.2, 0.25) is 0 Å². The summed E-state index contributed by atoms with van der Waals surface area (Å²) in [4.78, 5) is 0. The first kappa shape index (κ1) is 32.7. The largest absolute Gasteiger partial charge is 0.460 e. The third-order valence-corrected chi connectivity index (χ3v) is 13.3. The summed E-state index contributed by atoms with van der Waals surface area (Å²) in [6.07, 6.45) is 5.50. The van der Waals surface area contributed by atoms with E-state index < -0.39 is 5.41 Å². The molecule has 2 aliphatic rings. The highest BCUT2D eigenvalue weighted by molar-refractivity contribution is 6.21. The molecule has 1 unspecified atom stereocenters. The van der Waals surface area contributed by atoms with Gasteiger partial charge in [0, 0.05) is 50.3 Å². The molecule has 13 rings (SSSR count). The molecule has 0 radical (unpaired) electrons. The number of furan rings is 1. The second-order valence-electron chi connectivity index (χ2n) is 16.5. The molecule has 1 atom stereocenters. The summed E-state index contributed by atoms with van der Waals surface area (Å²) in [6.45, 7) is 2.26. The van der Waals surface area contributed by atoms with Gasteiger partial charge in [0.15, 0.2) is 0 Å².